The van der Waals surface area contributed by atoms with Gasteiger partial charge in [0.1, 0.15) is 24.7 Å². The number of nitrogens with zero attached hydrogens (tertiary/aromatic N) is 3. The van der Waals surface area contributed by atoms with Gasteiger partial charge >= 0.3 is 0 Å². The zero-order chi connectivity index (χ0) is 21.8. The predicted octanol–water partition coefficient (Wildman–Crippen LogP) is 2.68. The largest absolute Gasteiger partial charge is 0.491 e. The third-order valence-electron chi connectivity index (χ3n) is 5.59. The Kier molecular flexibility index (Phi) is 6.63. The average Bonchev–Trinajstić information content (AvgIpc) is 2.78. The monoisotopic (exact) mass is 443 g/mol. The molecule has 0 saturated carbocycles. The van der Waals surface area contributed by atoms with E-state index in [1.54, 1.807) is 13.0 Å². The van der Waals surface area contributed by atoms with Crippen LogP contribution in [0.4, 0.5) is 5.69 Å². The molecule has 8 heteroatoms. The number of para-hydroxylation sites is 3. The summed E-state index contributed by atoms with van der Waals surface area (Å²) in [5.74, 6) is 1.07. The van der Waals surface area contributed by atoms with Crippen molar-refractivity contribution in [2.24, 2.45) is 0 Å². The van der Waals surface area contributed by atoms with E-state index >= 15 is 0 Å². The molecule has 2 aliphatic rings. The molecular formula is C23H26ClN3O4. The van der Waals surface area contributed by atoms with Gasteiger partial charge < -0.3 is 14.4 Å². The van der Waals surface area contributed by atoms with Gasteiger partial charge in [-0.15, -0.1) is 0 Å². The van der Waals surface area contributed by atoms with Crippen molar-refractivity contribution >= 4 is 29.1 Å². The van der Waals surface area contributed by atoms with Crippen molar-refractivity contribution in [3.8, 4) is 11.5 Å². The topological polar surface area (TPSA) is 62.3 Å². The van der Waals surface area contributed by atoms with Gasteiger partial charge in [-0.2, -0.15) is 0 Å². The van der Waals surface area contributed by atoms with Gasteiger partial charge in [0, 0.05) is 32.7 Å². The Bertz CT molecular complexity index is 946. The van der Waals surface area contributed by atoms with Crippen LogP contribution in [-0.2, 0) is 9.59 Å². The van der Waals surface area contributed by atoms with Crippen LogP contribution >= 0.6 is 11.6 Å². The van der Waals surface area contributed by atoms with Crippen LogP contribution in [0.15, 0.2) is 48.5 Å². The van der Waals surface area contributed by atoms with Gasteiger partial charge in [0.25, 0.3) is 5.91 Å². The highest BCUT2D eigenvalue weighted by molar-refractivity contribution is 6.32. The molecule has 0 spiro atoms. The zero-order valence-corrected chi connectivity index (χ0v) is 18.3. The molecule has 0 N–H and O–H groups in total. The van der Waals surface area contributed by atoms with E-state index in [2.05, 4.69) is 4.90 Å². The van der Waals surface area contributed by atoms with Crippen LogP contribution in [0.2, 0.25) is 5.02 Å². The Labute approximate surface area is 187 Å². The SMILES string of the molecule is CC1Oc2ccccc2N(CC(=O)N2CCN(CCOc3ccccc3Cl)CC2)C1=O. The number of benzene rings is 2. The summed E-state index contributed by atoms with van der Waals surface area (Å²) in [5, 5.41) is 0.603. The number of hydrogen-bond donors (Lipinski definition) is 0. The predicted molar refractivity (Wildman–Crippen MR) is 119 cm³/mol. The average molecular weight is 444 g/mol. The molecule has 0 radical (unpaired) electrons. The second-order valence-electron chi connectivity index (χ2n) is 7.65. The number of fused-ring (bicyclic) bond motifs is 1. The highest BCUT2D eigenvalue weighted by Gasteiger charge is 2.34. The van der Waals surface area contributed by atoms with Crippen molar-refractivity contribution in [1.82, 2.24) is 9.80 Å². The fourth-order valence-corrected chi connectivity index (χ4v) is 4.01. The van der Waals surface area contributed by atoms with Crippen LogP contribution in [0.5, 0.6) is 11.5 Å². The van der Waals surface area contributed by atoms with Gasteiger partial charge in [0.05, 0.1) is 10.7 Å². The number of piperazine rings is 1. The summed E-state index contributed by atoms with van der Waals surface area (Å²) >= 11 is 6.11. The van der Waals surface area contributed by atoms with Crippen molar-refractivity contribution in [2.45, 2.75) is 13.0 Å². The molecule has 1 unspecified atom stereocenters. The van der Waals surface area contributed by atoms with Crippen LogP contribution in [0, 0.1) is 0 Å². The summed E-state index contributed by atoms with van der Waals surface area (Å²) in [5.41, 5.74) is 0.648. The summed E-state index contributed by atoms with van der Waals surface area (Å²) in [6.07, 6.45) is -0.599. The second kappa shape index (κ2) is 9.58. The number of halogens is 1. The first-order valence-electron chi connectivity index (χ1n) is 10.5. The number of rotatable bonds is 6. The first-order valence-corrected chi connectivity index (χ1v) is 10.9. The van der Waals surface area contributed by atoms with Crippen molar-refractivity contribution < 1.29 is 19.1 Å². The molecule has 0 aromatic heterocycles. The maximum Gasteiger partial charge on any atom is 0.268 e. The lowest BCUT2D eigenvalue weighted by Crippen LogP contribution is -2.54. The maximum absolute atomic E-state index is 12.9. The van der Waals surface area contributed by atoms with Crippen LogP contribution in [0.25, 0.3) is 0 Å². The van der Waals surface area contributed by atoms with Gasteiger partial charge in [-0.3, -0.25) is 19.4 Å². The molecule has 0 aliphatic carbocycles. The van der Waals surface area contributed by atoms with E-state index in [0.29, 0.717) is 41.9 Å². The third kappa shape index (κ3) is 4.94. The molecular weight excluding hydrogens is 418 g/mol. The van der Waals surface area contributed by atoms with Gasteiger partial charge in [-0.05, 0) is 31.2 Å². The third-order valence-corrected chi connectivity index (χ3v) is 5.91. The Morgan fingerprint density at radius 3 is 2.58 bits per heavy atom. The lowest BCUT2D eigenvalue weighted by molar-refractivity contribution is -0.134. The van der Waals surface area contributed by atoms with Crippen molar-refractivity contribution in [3.05, 3.63) is 53.6 Å². The lowest BCUT2D eigenvalue weighted by atomic mass is 10.2. The highest BCUT2D eigenvalue weighted by Crippen LogP contribution is 2.33. The number of carbonyl (C=O) groups is 2. The van der Waals surface area contributed by atoms with E-state index in [9.17, 15) is 9.59 Å². The van der Waals surface area contributed by atoms with E-state index in [1.165, 1.54) is 4.90 Å². The Hall–Kier alpha value is -2.77. The second-order valence-corrected chi connectivity index (χ2v) is 8.06. The Morgan fingerprint density at radius 1 is 1.10 bits per heavy atom. The fraction of sp³-hybridized carbons (Fsp3) is 0.391. The fourth-order valence-electron chi connectivity index (χ4n) is 3.82. The van der Waals surface area contributed by atoms with E-state index in [1.807, 2.05) is 47.4 Å². The van der Waals surface area contributed by atoms with Crippen molar-refractivity contribution in [3.63, 3.8) is 0 Å². The van der Waals surface area contributed by atoms with E-state index in [0.717, 1.165) is 19.6 Å². The summed E-state index contributed by atoms with van der Waals surface area (Å²) in [6.45, 7) is 5.82. The maximum atomic E-state index is 12.9. The molecule has 2 aliphatic heterocycles. The van der Waals surface area contributed by atoms with Crippen molar-refractivity contribution in [1.29, 1.82) is 0 Å². The Balaban J connectivity index is 1.27. The molecule has 0 bridgehead atoms. The van der Waals surface area contributed by atoms with Crippen molar-refractivity contribution in [2.75, 3.05) is 50.8 Å². The van der Waals surface area contributed by atoms with E-state index in [4.69, 9.17) is 21.1 Å². The molecule has 1 saturated heterocycles. The molecule has 2 amide bonds. The highest BCUT2D eigenvalue weighted by atomic mass is 35.5. The summed E-state index contributed by atoms with van der Waals surface area (Å²) in [6, 6.07) is 14.7. The minimum Gasteiger partial charge on any atom is -0.491 e. The molecule has 2 aromatic rings. The smallest absolute Gasteiger partial charge is 0.268 e. The molecule has 2 aromatic carbocycles. The van der Waals surface area contributed by atoms with Crippen LogP contribution in [0.3, 0.4) is 0 Å². The summed E-state index contributed by atoms with van der Waals surface area (Å²) < 4.78 is 11.4. The number of carbonyl (C=O) groups excluding carboxylic acids is 2. The summed E-state index contributed by atoms with van der Waals surface area (Å²) in [4.78, 5) is 31.1. The minimum absolute atomic E-state index is 0.0269. The molecule has 7 nitrogen and oxygen atoms in total. The Morgan fingerprint density at radius 2 is 1.81 bits per heavy atom. The molecule has 1 fully saturated rings. The number of anilines is 1. The van der Waals surface area contributed by atoms with Crippen LogP contribution in [-0.4, -0.2) is 73.6 Å². The molecule has 164 valence electrons. The summed E-state index contributed by atoms with van der Waals surface area (Å²) in [7, 11) is 0. The number of ether oxygens (including phenoxy) is 2. The van der Waals surface area contributed by atoms with Crippen LogP contribution < -0.4 is 14.4 Å². The number of hydrogen-bond acceptors (Lipinski definition) is 5. The minimum atomic E-state index is -0.599. The van der Waals surface area contributed by atoms with Crippen LogP contribution in [0.1, 0.15) is 6.92 Å². The van der Waals surface area contributed by atoms with Gasteiger partial charge in [0.2, 0.25) is 5.91 Å². The first-order chi connectivity index (χ1) is 15.0. The standard InChI is InChI=1S/C23H26ClN3O4/c1-17-23(29)27(19-7-3-5-9-21(19)31-17)16-22(28)26-12-10-25(11-13-26)14-15-30-20-8-4-2-6-18(20)24/h2-9,17H,10-16H2,1H3. The van der Waals surface area contributed by atoms with E-state index in [-0.39, 0.29) is 18.4 Å². The molecule has 31 heavy (non-hydrogen) atoms. The zero-order valence-electron chi connectivity index (χ0n) is 17.5. The number of amides is 2. The lowest BCUT2D eigenvalue weighted by Gasteiger charge is -2.37. The normalized spacial score (nSPS) is 19.0. The van der Waals surface area contributed by atoms with E-state index < -0.39 is 6.10 Å². The van der Waals surface area contributed by atoms with Gasteiger partial charge in [0.15, 0.2) is 6.10 Å². The molecule has 1 atom stereocenters. The van der Waals surface area contributed by atoms with Gasteiger partial charge in [-0.25, -0.2) is 0 Å². The van der Waals surface area contributed by atoms with Gasteiger partial charge in [-0.1, -0.05) is 35.9 Å². The molecule has 4 rings (SSSR count). The quantitative estimate of drug-likeness (QED) is 0.687. The molecule has 2 heterocycles. The first kappa shape index (κ1) is 21.5.